The fourth-order valence-electron chi connectivity index (χ4n) is 1.41. The summed E-state index contributed by atoms with van der Waals surface area (Å²) in [6.45, 7) is 0. The maximum Gasteiger partial charge on any atom is 0.128 e. The largest absolute Gasteiger partial charge is 0.467 e. The Balaban J connectivity index is 2.36. The number of nitrogens with zero attached hydrogens (tertiary/aromatic N) is 2. The molecule has 3 N–H and O–H groups in total. The quantitative estimate of drug-likeness (QED) is 0.551. The highest BCUT2D eigenvalue weighted by Gasteiger charge is 2.17. The lowest BCUT2D eigenvalue weighted by Crippen LogP contribution is -2.29. The molecule has 0 aromatic carbocycles. The lowest BCUT2D eigenvalue weighted by Gasteiger charge is -2.13. The van der Waals surface area contributed by atoms with Crippen LogP contribution in [0.25, 0.3) is 0 Å². The van der Waals surface area contributed by atoms with Gasteiger partial charge in [-0.1, -0.05) is 0 Å². The zero-order valence-electron chi connectivity index (χ0n) is 7.84. The molecule has 2 aromatic rings. The minimum atomic E-state index is -0.155. The van der Waals surface area contributed by atoms with E-state index in [0.717, 1.165) is 11.5 Å². The molecule has 2 aromatic heterocycles. The van der Waals surface area contributed by atoms with Crippen molar-refractivity contribution in [1.29, 1.82) is 0 Å². The molecular weight excluding hydrogens is 180 g/mol. The molecule has 0 aliphatic carbocycles. The van der Waals surface area contributed by atoms with Crippen molar-refractivity contribution in [3.8, 4) is 0 Å². The molecule has 0 aliphatic heterocycles. The van der Waals surface area contributed by atoms with Crippen LogP contribution in [-0.2, 0) is 7.05 Å². The van der Waals surface area contributed by atoms with Crippen LogP contribution < -0.4 is 11.3 Å². The summed E-state index contributed by atoms with van der Waals surface area (Å²) in [5.41, 5.74) is 3.65. The summed E-state index contributed by atoms with van der Waals surface area (Å²) < 4.78 is 7.18. The van der Waals surface area contributed by atoms with Crippen LogP contribution in [0.15, 0.2) is 35.3 Å². The van der Waals surface area contributed by atoms with Gasteiger partial charge in [0.15, 0.2) is 0 Å². The first-order valence-electron chi connectivity index (χ1n) is 4.28. The zero-order chi connectivity index (χ0) is 9.97. The van der Waals surface area contributed by atoms with Crippen molar-refractivity contribution in [3.05, 3.63) is 42.4 Å². The maximum absolute atomic E-state index is 5.47. The summed E-state index contributed by atoms with van der Waals surface area (Å²) in [5.74, 6) is 6.25. The molecule has 1 atom stereocenters. The van der Waals surface area contributed by atoms with Crippen LogP contribution in [0.3, 0.4) is 0 Å². The van der Waals surface area contributed by atoms with Gasteiger partial charge in [0.1, 0.15) is 11.8 Å². The highest BCUT2D eigenvalue weighted by Crippen LogP contribution is 2.20. The number of hydrogen-bond donors (Lipinski definition) is 2. The Morgan fingerprint density at radius 1 is 1.64 bits per heavy atom. The van der Waals surface area contributed by atoms with E-state index in [1.54, 1.807) is 18.8 Å². The molecule has 0 amide bonds. The predicted molar refractivity (Wildman–Crippen MR) is 51.1 cm³/mol. The third kappa shape index (κ3) is 1.43. The second-order valence-corrected chi connectivity index (χ2v) is 3.04. The number of nitrogens with one attached hydrogen (secondary N) is 1. The smallest absolute Gasteiger partial charge is 0.128 e. The fraction of sp³-hybridized carbons (Fsp3) is 0.222. The van der Waals surface area contributed by atoms with Gasteiger partial charge >= 0.3 is 0 Å². The average molecular weight is 192 g/mol. The van der Waals surface area contributed by atoms with Gasteiger partial charge in [-0.2, -0.15) is 0 Å². The van der Waals surface area contributed by atoms with E-state index >= 15 is 0 Å². The van der Waals surface area contributed by atoms with E-state index in [9.17, 15) is 0 Å². The minimum absolute atomic E-state index is 0.155. The van der Waals surface area contributed by atoms with Gasteiger partial charge in [0.2, 0.25) is 0 Å². The number of imidazole rings is 1. The summed E-state index contributed by atoms with van der Waals surface area (Å²) >= 11 is 0. The highest BCUT2D eigenvalue weighted by atomic mass is 16.3. The monoisotopic (exact) mass is 192 g/mol. The second kappa shape index (κ2) is 3.65. The number of aryl methyl sites for hydroxylation is 1. The first-order chi connectivity index (χ1) is 6.83. The highest BCUT2D eigenvalue weighted by molar-refractivity contribution is 5.18. The van der Waals surface area contributed by atoms with E-state index in [1.807, 2.05) is 23.7 Å². The number of hydrazine groups is 1. The van der Waals surface area contributed by atoms with Gasteiger partial charge in [-0.15, -0.1) is 0 Å². The number of furan rings is 1. The Hall–Kier alpha value is -1.59. The topological polar surface area (TPSA) is 69.0 Å². The summed E-state index contributed by atoms with van der Waals surface area (Å²) in [6.07, 6.45) is 5.10. The molecular formula is C9H12N4O. The van der Waals surface area contributed by atoms with Crippen molar-refractivity contribution < 1.29 is 4.42 Å². The Morgan fingerprint density at radius 3 is 3.00 bits per heavy atom. The van der Waals surface area contributed by atoms with Crippen molar-refractivity contribution in [2.24, 2.45) is 12.9 Å². The molecule has 2 rings (SSSR count). The van der Waals surface area contributed by atoms with Crippen molar-refractivity contribution in [3.63, 3.8) is 0 Å². The molecule has 0 radical (unpaired) electrons. The van der Waals surface area contributed by atoms with Gasteiger partial charge in [0.25, 0.3) is 0 Å². The summed E-state index contributed by atoms with van der Waals surface area (Å²) in [4.78, 5) is 4.03. The first kappa shape index (κ1) is 8.98. The van der Waals surface area contributed by atoms with E-state index in [4.69, 9.17) is 10.3 Å². The Kier molecular flexibility index (Phi) is 2.34. The molecule has 0 spiro atoms. The number of hydrogen-bond acceptors (Lipinski definition) is 4. The Labute approximate surface area is 81.5 Å². The van der Waals surface area contributed by atoms with Gasteiger partial charge < -0.3 is 8.98 Å². The van der Waals surface area contributed by atoms with Crippen LogP contribution in [0.4, 0.5) is 0 Å². The third-order valence-electron chi connectivity index (χ3n) is 2.14. The molecule has 5 nitrogen and oxygen atoms in total. The van der Waals surface area contributed by atoms with E-state index < -0.39 is 0 Å². The van der Waals surface area contributed by atoms with Crippen LogP contribution >= 0.6 is 0 Å². The standard InChI is InChI=1S/C9H12N4O/c1-13-6-11-5-7(13)9(12-10)8-3-2-4-14-8/h2-6,9,12H,10H2,1H3. The van der Waals surface area contributed by atoms with E-state index in [0.29, 0.717) is 0 Å². The molecule has 0 bridgehead atoms. The molecule has 1 unspecified atom stereocenters. The van der Waals surface area contributed by atoms with E-state index in [2.05, 4.69) is 10.4 Å². The lowest BCUT2D eigenvalue weighted by atomic mass is 10.2. The second-order valence-electron chi connectivity index (χ2n) is 3.04. The van der Waals surface area contributed by atoms with Crippen molar-refractivity contribution in [2.75, 3.05) is 0 Å². The molecule has 74 valence electrons. The van der Waals surface area contributed by atoms with Crippen molar-refractivity contribution in [1.82, 2.24) is 15.0 Å². The predicted octanol–water partition coefficient (Wildman–Crippen LogP) is 0.566. The van der Waals surface area contributed by atoms with Gasteiger partial charge in [-0.3, -0.25) is 5.84 Å². The Morgan fingerprint density at radius 2 is 2.50 bits per heavy atom. The first-order valence-corrected chi connectivity index (χ1v) is 4.28. The van der Waals surface area contributed by atoms with E-state index in [1.165, 1.54) is 0 Å². The lowest BCUT2D eigenvalue weighted by molar-refractivity contribution is 0.442. The summed E-state index contributed by atoms with van der Waals surface area (Å²) in [5, 5.41) is 0. The number of aromatic nitrogens is 2. The van der Waals surface area contributed by atoms with Gasteiger partial charge in [-0.25, -0.2) is 10.4 Å². The molecule has 0 fully saturated rings. The normalized spacial score (nSPS) is 13.0. The van der Waals surface area contributed by atoms with Crippen LogP contribution in [-0.4, -0.2) is 9.55 Å². The Bertz CT molecular complexity index is 393. The van der Waals surface area contributed by atoms with Crippen LogP contribution in [0.2, 0.25) is 0 Å². The van der Waals surface area contributed by atoms with Gasteiger partial charge in [-0.05, 0) is 12.1 Å². The maximum atomic E-state index is 5.47. The van der Waals surface area contributed by atoms with Crippen molar-refractivity contribution in [2.45, 2.75) is 6.04 Å². The summed E-state index contributed by atoms with van der Waals surface area (Å²) in [6, 6.07) is 3.55. The number of nitrogens with two attached hydrogens (primary N) is 1. The molecule has 0 aliphatic rings. The molecule has 0 saturated heterocycles. The summed E-state index contributed by atoms with van der Waals surface area (Å²) in [7, 11) is 1.91. The minimum Gasteiger partial charge on any atom is -0.467 e. The molecule has 14 heavy (non-hydrogen) atoms. The SMILES string of the molecule is Cn1cncc1C(NN)c1ccco1. The fourth-order valence-corrected chi connectivity index (χ4v) is 1.41. The van der Waals surface area contributed by atoms with Crippen LogP contribution in [0.1, 0.15) is 17.5 Å². The molecule has 2 heterocycles. The van der Waals surface area contributed by atoms with Gasteiger partial charge in [0.05, 0.1) is 24.5 Å². The third-order valence-corrected chi connectivity index (χ3v) is 2.14. The van der Waals surface area contributed by atoms with E-state index in [-0.39, 0.29) is 6.04 Å². The van der Waals surface area contributed by atoms with Crippen LogP contribution in [0.5, 0.6) is 0 Å². The average Bonchev–Trinajstić information content (AvgIpc) is 2.80. The molecule has 0 saturated carbocycles. The van der Waals surface area contributed by atoms with Crippen LogP contribution in [0, 0.1) is 0 Å². The number of rotatable bonds is 3. The van der Waals surface area contributed by atoms with Gasteiger partial charge in [0, 0.05) is 7.05 Å². The van der Waals surface area contributed by atoms with Crippen molar-refractivity contribution >= 4 is 0 Å². The zero-order valence-corrected chi connectivity index (χ0v) is 7.84. The molecule has 5 heteroatoms.